The van der Waals surface area contributed by atoms with Gasteiger partial charge in [-0.05, 0) is 37.0 Å². The number of ether oxygens (including phenoxy) is 2. The van der Waals surface area contributed by atoms with Crippen LogP contribution in [-0.4, -0.2) is 37.6 Å². The number of rotatable bonds is 5. The van der Waals surface area contributed by atoms with Crippen LogP contribution in [0.5, 0.6) is 11.5 Å². The van der Waals surface area contributed by atoms with Gasteiger partial charge >= 0.3 is 0 Å². The molecule has 0 atom stereocenters. The number of amides is 1. The summed E-state index contributed by atoms with van der Waals surface area (Å²) in [6.45, 7) is 4.15. The van der Waals surface area contributed by atoms with E-state index in [1.165, 1.54) is 0 Å². The van der Waals surface area contributed by atoms with Gasteiger partial charge in [0.2, 0.25) is 5.91 Å². The molecule has 0 radical (unpaired) electrons. The standard InChI is InChI=1S/C17H23NO3/c1-3-4-9-18(2)16(19)17(7-8-17)13-5-6-14-15(12-13)21-11-10-20-14/h5-6,12H,3-4,7-11H2,1-2H3. The fourth-order valence-corrected chi connectivity index (χ4v) is 2.95. The van der Waals surface area contributed by atoms with Gasteiger partial charge < -0.3 is 14.4 Å². The lowest BCUT2D eigenvalue weighted by molar-refractivity contribution is -0.132. The summed E-state index contributed by atoms with van der Waals surface area (Å²) in [7, 11) is 1.91. The lowest BCUT2D eigenvalue weighted by atomic mass is 9.93. The molecule has 1 amide bonds. The minimum absolute atomic E-state index is 0.243. The molecule has 1 aliphatic heterocycles. The number of likely N-dealkylation sites (N-methyl/N-ethyl adjacent to an activating group) is 1. The van der Waals surface area contributed by atoms with Crippen LogP contribution < -0.4 is 9.47 Å². The predicted octanol–water partition coefficient (Wildman–Crippen LogP) is 2.75. The molecule has 0 bridgehead atoms. The second-order valence-electron chi connectivity index (χ2n) is 6.02. The second-order valence-corrected chi connectivity index (χ2v) is 6.02. The molecule has 2 aliphatic rings. The lowest BCUT2D eigenvalue weighted by Gasteiger charge is -2.25. The van der Waals surface area contributed by atoms with E-state index in [4.69, 9.17) is 9.47 Å². The third-order valence-corrected chi connectivity index (χ3v) is 4.45. The zero-order valence-electron chi connectivity index (χ0n) is 12.9. The molecule has 1 saturated carbocycles. The molecule has 1 aromatic rings. The number of carbonyl (C=O) groups excluding carboxylic acids is 1. The van der Waals surface area contributed by atoms with Crippen LogP contribution in [0, 0.1) is 0 Å². The predicted molar refractivity (Wildman–Crippen MR) is 80.9 cm³/mol. The van der Waals surface area contributed by atoms with Gasteiger partial charge in [0.25, 0.3) is 0 Å². The maximum atomic E-state index is 12.8. The Balaban J connectivity index is 1.80. The highest BCUT2D eigenvalue weighted by Crippen LogP contribution is 2.51. The van der Waals surface area contributed by atoms with Crippen molar-refractivity contribution in [3.63, 3.8) is 0 Å². The molecule has 1 fully saturated rings. The largest absolute Gasteiger partial charge is 0.486 e. The molecule has 0 saturated heterocycles. The van der Waals surface area contributed by atoms with E-state index in [2.05, 4.69) is 6.92 Å². The van der Waals surface area contributed by atoms with Gasteiger partial charge in [-0.25, -0.2) is 0 Å². The zero-order chi connectivity index (χ0) is 14.9. The SMILES string of the molecule is CCCCN(C)C(=O)C1(c2ccc3c(c2)OCCO3)CC1. The van der Waals surface area contributed by atoms with Gasteiger partial charge in [-0.15, -0.1) is 0 Å². The molecule has 4 nitrogen and oxygen atoms in total. The molecule has 3 rings (SSSR count). The highest BCUT2D eigenvalue weighted by atomic mass is 16.6. The van der Waals surface area contributed by atoms with Gasteiger partial charge in [-0.1, -0.05) is 19.4 Å². The first-order chi connectivity index (χ1) is 10.2. The summed E-state index contributed by atoms with van der Waals surface area (Å²) < 4.78 is 11.2. The quantitative estimate of drug-likeness (QED) is 0.836. The summed E-state index contributed by atoms with van der Waals surface area (Å²) in [6.07, 6.45) is 4.03. The van der Waals surface area contributed by atoms with Crippen LogP contribution in [-0.2, 0) is 10.2 Å². The summed E-state index contributed by atoms with van der Waals surface area (Å²) in [5, 5.41) is 0. The molecule has 0 N–H and O–H groups in total. The van der Waals surface area contributed by atoms with Crippen LogP contribution in [0.15, 0.2) is 18.2 Å². The number of fused-ring (bicyclic) bond motifs is 1. The monoisotopic (exact) mass is 289 g/mol. The number of unbranched alkanes of at least 4 members (excludes halogenated alkanes) is 1. The summed E-state index contributed by atoms with van der Waals surface area (Å²) in [6, 6.07) is 5.95. The summed E-state index contributed by atoms with van der Waals surface area (Å²) >= 11 is 0. The topological polar surface area (TPSA) is 38.8 Å². The van der Waals surface area contributed by atoms with E-state index in [9.17, 15) is 4.79 Å². The third-order valence-electron chi connectivity index (χ3n) is 4.45. The maximum absolute atomic E-state index is 12.8. The Morgan fingerprint density at radius 1 is 1.24 bits per heavy atom. The minimum Gasteiger partial charge on any atom is -0.486 e. The van der Waals surface area contributed by atoms with Crippen LogP contribution in [0.1, 0.15) is 38.2 Å². The van der Waals surface area contributed by atoms with Crippen LogP contribution in [0.25, 0.3) is 0 Å². The van der Waals surface area contributed by atoms with Crippen molar-refractivity contribution in [3.05, 3.63) is 23.8 Å². The fourth-order valence-electron chi connectivity index (χ4n) is 2.95. The van der Waals surface area contributed by atoms with Crippen LogP contribution in [0.2, 0.25) is 0 Å². The Morgan fingerprint density at radius 3 is 2.62 bits per heavy atom. The molecule has 0 unspecified atom stereocenters. The Hall–Kier alpha value is -1.71. The van der Waals surface area contributed by atoms with Crippen molar-refractivity contribution in [2.45, 2.75) is 38.0 Å². The van der Waals surface area contributed by atoms with Gasteiger partial charge in [-0.3, -0.25) is 4.79 Å². The Labute approximate surface area is 126 Å². The number of hydrogen-bond acceptors (Lipinski definition) is 3. The molecule has 0 spiro atoms. The highest BCUT2D eigenvalue weighted by molar-refractivity contribution is 5.91. The smallest absolute Gasteiger partial charge is 0.232 e. The Kier molecular flexibility index (Phi) is 3.79. The molecular formula is C17H23NO3. The zero-order valence-corrected chi connectivity index (χ0v) is 12.9. The van der Waals surface area contributed by atoms with Crippen molar-refractivity contribution in [1.29, 1.82) is 0 Å². The van der Waals surface area contributed by atoms with Gasteiger partial charge in [0.15, 0.2) is 11.5 Å². The minimum atomic E-state index is -0.321. The third kappa shape index (κ3) is 2.59. The number of hydrogen-bond donors (Lipinski definition) is 0. The second kappa shape index (κ2) is 5.58. The van der Waals surface area contributed by atoms with Crippen molar-refractivity contribution in [2.24, 2.45) is 0 Å². The first-order valence-corrected chi connectivity index (χ1v) is 7.83. The summed E-state index contributed by atoms with van der Waals surface area (Å²) in [5.74, 6) is 1.80. The van der Waals surface area contributed by atoms with Gasteiger partial charge in [0.05, 0.1) is 5.41 Å². The van der Waals surface area contributed by atoms with Crippen molar-refractivity contribution >= 4 is 5.91 Å². The number of carbonyl (C=O) groups is 1. The van der Waals surface area contributed by atoms with Gasteiger partial charge in [-0.2, -0.15) is 0 Å². The molecular weight excluding hydrogens is 266 g/mol. The van der Waals surface area contributed by atoms with Crippen molar-refractivity contribution < 1.29 is 14.3 Å². The van der Waals surface area contributed by atoms with E-state index in [0.29, 0.717) is 13.2 Å². The van der Waals surface area contributed by atoms with Crippen molar-refractivity contribution in [1.82, 2.24) is 4.90 Å². The normalized spacial score (nSPS) is 18.2. The Bertz CT molecular complexity index is 537. The summed E-state index contributed by atoms with van der Waals surface area (Å²) in [5.41, 5.74) is 0.748. The fraction of sp³-hybridized carbons (Fsp3) is 0.588. The van der Waals surface area contributed by atoms with E-state index < -0.39 is 0 Å². The molecule has 0 aromatic heterocycles. The van der Waals surface area contributed by atoms with Crippen molar-refractivity contribution in [2.75, 3.05) is 26.8 Å². The molecule has 4 heteroatoms. The number of nitrogens with zero attached hydrogens (tertiary/aromatic N) is 1. The van der Waals surface area contributed by atoms with Gasteiger partial charge in [0.1, 0.15) is 13.2 Å². The van der Waals surface area contributed by atoms with E-state index in [1.807, 2.05) is 30.1 Å². The van der Waals surface area contributed by atoms with E-state index in [1.54, 1.807) is 0 Å². The molecule has 1 aliphatic carbocycles. The summed E-state index contributed by atoms with van der Waals surface area (Å²) in [4.78, 5) is 14.6. The average molecular weight is 289 g/mol. The van der Waals surface area contributed by atoms with E-state index >= 15 is 0 Å². The van der Waals surface area contributed by atoms with Crippen molar-refractivity contribution in [3.8, 4) is 11.5 Å². The van der Waals surface area contributed by atoms with Crippen LogP contribution in [0.3, 0.4) is 0 Å². The highest BCUT2D eigenvalue weighted by Gasteiger charge is 2.52. The maximum Gasteiger partial charge on any atom is 0.232 e. The lowest BCUT2D eigenvalue weighted by Crippen LogP contribution is -2.37. The Morgan fingerprint density at radius 2 is 1.95 bits per heavy atom. The molecule has 1 aromatic carbocycles. The molecule has 1 heterocycles. The molecule has 114 valence electrons. The number of benzene rings is 1. The molecule has 21 heavy (non-hydrogen) atoms. The van der Waals surface area contributed by atoms with E-state index in [-0.39, 0.29) is 11.3 Å². The van der Waals surface area contributed by atoms with E-state index in [0.717, 1.165) is 49.3 Å². The van der Waals surface area contributed by atoms with Crippen LogP contribution in [0.4, 0.5) is 0 Å². The average Bonchev–Trinajstić information content (AvgIpc) is 3.33. The first-order valence-electron chi connectivity index (χ1n) is 7.83. The van der Waals surface area contributed by atoms with Crippen LogP contribution >= 0.6 is 0 Å². The first kappa shape index (κ1) is 14.2. The van der Waals surface area contributed by atoms with Gasteiger partial charge in [0, 0.05) is 13.6 Å².